The number of ether oxygens (including phenoxy) is 1. The number of hydrogen-bond donors (Lipinski definition) is 4. The maximum Gasteiger partial charge on any atom is 0.247 e. The molecule has 33 heavy (non-hydrogen) atoms. The van der Waals surface area contributed by atoms with Crippen LogP contribution in [0.5, 0.6) is 11.6 Å². The molecular formula is C23H20ClFN6O2. The topological polar surface area (TPSA) is 112 Å². The van der Waals surface area contributed by atoms with Crippen LogP contribution < -0.4 is 20.7 Å². The molecule has 1 amide bonds. The quantitative estimate of drug-likeness (QED) is 0.261. The first-order valence-corrected chi connectivity index (χ1v) is 10.00. The van der Waals surface area contributed by atoms with E-state index in [9.17, 15) is 9.18 Å². The van der Waals surface area contributed by atoms with Gasteiger partial charge in [-0.1, -0.05) is 30.3 Å². The van der Waals surface area contributed by atoms with E-state index in [1.807, 2.05) is 0 Å². The second-order valence-electron chi connectivity index (χ2n) is 6.52. The average Bonchev–Trinajstić information content (AvgIpc) is 2.81. The molecular weight excluding hydrogens is 447 g/mol. The number of amides is 1. The number of anilines is 2. The lowest BCUT2D eigenvalue weighted by Gasteiger charge is -2.13. The third-order valence-corrected chi connectivity index (χ3v) is 4.49. The molecule has 0 aliphatic heterocycles. The molecule has 0 saturated heterocycles. The van der Waals surface area contributed by atoms with Crippen LogP contribution in [0.4, 0.5) is 16.0 Å². The van der Waals surface area contributed by atoms with Gasteiger partial charge in [0.15, 0.2) is 0 Å². The molecule has 1 heterocycles. The molecule has 4 N–H and O–H groups in total. The van der Waals surface area contributed by atoms with Gasteiger partial charge in [-0.05, 0) is 35.9 Å². The molecule has 0 unspecified atom stereocenters. The molecule has 2 aromatic carbocycles. The number of aromatic nitrogens is 2. The summed E-state index contributed by atoms with van der Waals surface area (Å²) >= 11 is 5.96. The minimum atomic E-state index is -0.555. The number of nitrogens with zero attached hydrogens (tertiary/aromatic N) is 2. The summed E-state index contributed by atoms with van der Waals surface area (Å²) in [5, 5.41) is 15.8. The zero-order valence-electron chi connectivity index (χ0n) is 17.5. The van der Waals surface area contributed by atoms with Gasteiger partial charge in [0, 0.05) is 37.4 Å². The third kappa shape index (κ3) is 6.14. The number of benzene rings is 2. The molecule has 3 rings (SSSR count). The second kappa shape index (κ2) is 10.9. The Bertz CT molecular complexity index is 1230. The van der Waals surface area contributed by atoms with Crippen molar-refractivity contribution in [2.75, 3.05) is 17.7 Å². The van der Waals surface area contributed by atoms with Gasteiger partial charge in [-0.15, -0.1) is 0 Å². The normalized spacial score (nSPS) is 10.8. The van der Waals surface area contributed by atoms with Gasteiger partial charge in [0.05, 0.1) is 16.3 Å². The highest BCUT2D eigenvalue weighted by molar-refractivity contribution is 6.31. The molecule has 0 radical (unpaired) electrons. The van der Waals surface area contributed by atoms with Crippen LogP contribution in [0.1, 0.15) is 0 Å². The Balaban J connectivity index is 2.02. The van der Waals surface area contributed by atoms with Crippen LogP contribution in [0, 0.1) is 11.2 Å². The van der Waals surface area contributed by atoms with Crippen LogP contribution in [0.2, 0.25) is 5.02 Å². The van der Waals surface area contributed by atoms with Crippen molar-refractivity contribution in [3.05, 3.63) is 84.1 Å². The van der Waals surface area contributed by atoms with Gasteiger partial charge in [0.1, 0.15) is 11.6 Å². The maximum atomic E-state index is 13.7. The number of halogens is 2. The van der Waals surface area contributed by atoms with Crippen LogP contribution in [-0.4, -0.2) is 29.1 Å². The van der Waals surface area contributed by atoms with Crippen LogP contribution in [-0.2, 0) is 4.79 Å². The summed E-state index contributed by atoms with van der Waals surface area (Å²) in [6.07, 6.45) is 5.32. The summed E-state index contributed by atoms with van der Waals surface area (Å²) in [6, 6.07) is 10.9. The lowest BCUT2D eigenvalue weighted by Crippen LogP contribution is -2.09. The monoisotopic (exact) mass is 466 g/mol. The molecule has 3 aromatic rings. The first kappa shape index (κ1) is 23.4. The van der Waals surface area contributed by atoms with Crippen molar-refractivity contribution in [1.29, 1.82) is 5.41 Å². The van der Waals surface area contributed by atoms with Gasteiger partial charge in [-0.2, -0.15) is 4.98 Å². The van der Waals surface area contributed by atoms with E-state index in [1.165, 1.54) is 24.4 Å². The summed E-state index contributed by atoms with van der Waals surface area (Å²) in [6.45, 7) is 3.43. The van der Waals surface area contributed by atoms with Crippen molar-refractivity contribution in [2.24, 2.45) is 0 Å². The zero-order chi connectivity index (χ0) is 23.8. The van der Waals surface area contributed by atoms with Crippen LogP contribution in [0.25, 0.3) is 11.1 Å². The summed E-state index contributed by atoms with van der Waals surface area (Å²) in [7, 11) is 1.69. The highest BCUT2D eigenvalue weighted by atomic mass is 35.5. The van der Waals surface area contributed by atoms with Crippen LogP contribution in [0.15, 0.2) is 73.2 Å². The van der Waals surface area contributed by atoms with Crippen molar-refractivity contribution in [3.8, 4) is 22.8 Å². The Morgan fingerprint density at radius 2 is 2.06 bits per heavy atom. The van der Waals surface area contributed by atoms with Crippen molar-refractivity contribution in [2.45, 2.75) is 0 Å². The Morgan fingerprint density at radius 1 is 1.24 bits per heavy atom. The summed E-state index contributed by atoms with van der Waals surface area (Å²) in [5.74, 6) is -0.216. The van der Waals surface area contributed by atoms with Crippen molar-refractivity contribution in [1.82, 2.24) is 15.3 Å². The number of nitrogens with one attached hydrogen (secondary N) is 4. The first-order valence-electron chi connectivity index (χ1n) is 9.62. The molecule has 168 valence electrons. The van der Waals surface area contributed by atoms with Gasteiger partial charge in [-0.25, -0.2) is 9.37 Å². The second-order valence-corrected chi connectivity index (χ2v) is 6.93. The molecule has 0 spiro atoms. The van der Waals surface area contributed by atoms with Gasteiger partial charge >= 0.3 is 0 Å². The Hall–Kier alpha value is -4.24. The average molecular weight is 467 g/mol. The van der Waals surface area contributed by atoms with Gasteiger partial charge in [-0.3, -0.25) is 4.79 Å². The van der Waals surface area contributed by atoms with Crippen molar-refractivity contribution < 1.29 is 13.9 Å². The lowest BCUT2D eigenvalue weighted by atomic mass is 10.1. The summed E-state index contributed by atoms with van der Waals surface area (Å²) in [5.41, 5.74) is 1.91. The van der Waals surface area contributed by atoms with Crippen molar-refractivity contribution in [3.63, 3.8) is 0 Å². The maximum absolute atomic E-state index is 13.7. The molecule has 0 saturated carbocycles. The molecule has 10 heteroatoms. The fourth-order valence-corrected chi connectivity index (χ4v) is 2.89. The predicted octanol–water partition coefficient (Wildman–Crippen LogP) is 4.98. The van der Waals surface area contributed by atoms with E-state index in [4.69, 9.17) is 21.7 Å². The molecule has 0 bridgehead atoms. The third-order valence-electron chi connectivity index (χ3n) is 4.20. The summed E-state index contributed by atoms with van der Waals surface area (Å²) in [4.78, 5) is 20.3. The van der Waals surface area contributed by atoms with E-state index in [1.54, 1.807) is 37.5 Å². The minimum Gasteiger partial charge on any atom is -0.438 e. The number of carbonyl (C=O) groups excluding carboxylic acids is 1. The first-order chi connectivity index (χ1) is 15.9. The summed E-state index contributed by atoms with van der Waals surface area (Å²) < 4.78 is 19.7. The highest BCUT2D eigenvalue weighted by Crippen LogP contribution is 2.34. The fourth-order valence-electron chi connectivity index (χ4n) is 2.71. The van der Waals surface area contributed by atoms with E-state index in [0.29, 0.717) is 28.3 Å². The predicted molar refractivity (Wildman–Crippen MR) is 127 cm³/mol. The van der Waals surface area contributed by atoms with Gasteiger partial charge in [0.2, 0.25) is 17.7 Å². The lowest BCUT2D eigenvalue weighted by molar-refractivity contribution is -0.111. The van der Waals surface area contributed by atoms with Crippen LogP contribution in [0.3, 0.4) is 0 Å². The van der Waals surface area contributed by atoms with E-state index in [0.717, 1.165) is 12.3 Å². The smallest absolute Gasteiger partial charge is 0.247 e. The largest absolute Gasteiger partial charge is 0.438 e. The SMILES string of the molecule is C=CC(=O)Nc1cccc(Oc2nc(N/C(C=N)=C/NC)ncc2-c2ccc(F)c(Cl)c2)c1. The number of rotatable bonds is 9. The van der Waals surface area contributed by atoms with E-state index >= 15 is 0 Å². The highest BCUT2D eigenvalue weighted by Gasteiger charge is 2.15. The standard InChI is InChI=1S/C23H20ClFN6O2/c1-3-21(32)29-15-5-4-6-17(10-15)33-22-18(14-7-8-20(25)19(24)9-14)13-28-23(31-22)30-16(11-26)12-27-2/h3-13,26-27H,1H2,2H3,(H,29,32)(H,28,30,31)/b16-12+,26-11?. The van der Waals surface area contributed by atoms with E-state index < -0.39 is 5.82 Å². The molecule has 0 aliphatic rings. The number of hydrogen-bond acceptors (Lipinski definition) is 7. The Kier molecular flexibility index (Phi) is 7.72. The molecule has 0 aliphatic carbocycles. The fraction of sp³-hybridized carbons (Fsp3) is 0.0435. The van der Waals surface area contributed by atoms with Crippen molar-refractivity contribution >= 4 is 35.4 Å². The van der Waals surface area contributed by atoms with Gasteiger partial charge < -0.3 is 26.1 Å². The molecule has 0 fully saturated rings. The molecule has 8 nitrogen and oxygen atoms in total. The zero-order valence-corrected chi connectivity index (χ0v) is 18.3. The van der Waals surface area contributed by atoms with Gasteiger partial charge in [0.25, 0.3) is 0 Å². The Labute approximate surface area is 194 Å². The minimum absolute atomic E-state index is 0.0576. The van der Waals surface area contributed by atoms with Crippen LogP contribution >= 0.6 is 11.6 Å². The van der Waals surface area contributed by atoms with E-state index in [2.05, 4.69) is 32.5 Å². The molecule has 0 atom stereocenters. The van der Waals surface area contributed by atoms with E-state index in [-0.39, 0.29) is 22.8 Å². The number of allylic oxidation sites excluding steroid dienone is 1. The number of carbonyl (C=O) groups is 1. The Morgan fingerprint density at radius 3 is 2.76 bits per heavy atom. The molecule has 1 aromatic heterocycles.